The predicted molar refractivity (Wildman–Crippen MR) is 104 cm³/mol. The first-order chi connectivity index (χ1) is 12.3. The van der Waals surface area contributed by atoms with Crippen molar-refractivity contribution in [2.45, 2.75) is 97.6 Å². The molecule has 4 saturated carbocycles. The van der Waals surface area contributed by atoms with E-state index in [-0.39, 0.29) is 12.1 Å². The fourth-order valence-electron chi connectivity index (χ4n) is 8.46. The predicted octanol–water partition coefficient (Wildman–Crippen LogP) is 4.92. The number of nitrogens with two attached hydrogens (primary N) is 1. The second-order valence-electron chi connectivity index (χ2n) is 10.8. The zero-order chi connectivity index (χ0) is 18.7. The number of ether oxygens (including phenoxy) is 1. The van der Waals surface area contributed by atoms with Crippen molar-refractivity contribution in [2.75, 3.05) is 0 Å². The van der Waals surface area contributed by atoms with Gasteiger partial charge in [0, 0.05) is 13.0 Å². The minimum absolute atomic E-state index is 0.103. The number of carbonyl (C=O) groups excluding carboxylic acids is 1. The van der Waals surface area contributed by atoms with Gasteiger partial charge in [0.15, 0.2) is 0 Å². The molecule has 26 heavy (non-hydrogen) atoms. The molecule has 4 aliphatic rings. The van der Waals surface area contributed by atoms with E-state index in [9.17, 15) is 4.79 Å². The van der Waals surface area contributed by atoms with Gasteiger partial charge in [0.25, 0.3) is 0 Å². The standard InChI is InChI=1S/C23H39NO2/c1-14(24)19-7-8-20-18-6-5-16-13-17(26-15(2)25)9-11-22(16,3)21(18)10-12-23(19,20)4/h14,16-21H,5-13,24H2,1-4H3/t14-,16-,17+,18-,19+,20-,21-,22-,23+/m0/s1. The van der Waals surface area contributed by atoms with Crippen molar-refractivity contribution in [1.82, 2.24) is 0 Å². The second-order valence-corrected chi connectivity index (χ2v) is 10.8. The SMILES string of the molecule is CC(=O)O[C@@H]1CC[C@@]2(C)[C@@H](CC[C@@H]3[C@@H]2CC[C@]2(C)[C@@H]([C@H](C)N)CC[C@@H]32)C1. The van der Waals surface area contributed by atoms with Crippen molar-refractivity contribution in [3.8, 4) is 0 Å². The van der Waals surface area contributed by atoms with E-state index in [4.69, 9.17) is 10.5 Å². The highest BCUT2D eigenvalue weighted by Crippen LogP contribution is 2.67. The lowest BCUT2D eigenvalue weighted by atomic mass is 9.44. The van der Waals surface area contributed by atoms with Gasteiger partial charge in [0.1, 0.15) is 6.10 Å². The van der Waals surface area contributed by atoms with Gasteiger partial charge in [-0.15, -0.1) is 0 Å². The molecule has 0 saturated heterocycles. The van der Waals surface area contributed by atoms with Crippen LogP contribution >= 0.6 is 0 Å². The maximum atomic E-state index is 11.4. The van der Waals surface area contributed by atoms with Crippen LogP contribution in [0.4, 0.5) is 0 Å². The van der Waals surface area contributed by atoms with Gasteiger partial charge in [-0.05, 0) is 105 Å². The smallest absolute Gasteiger partial charge is 0.302 e. The van der Waals surface area contributed by atoms with Gasteiger partial charge < -0.3 is 10.5 Å². The van der Waals surface area contributed by atoms with Crippen LogP contribution < -0.4 is 5.73 Å². The van der Waals surface area contributed by atoms with E-state index in [0.717, 1.165) is 42.4 Å². The molecule has 4 aliphatic carbocycles. The summed E-state index contributed by atoms with van der Waals surface area (Å²) in [5.74, 6) is 4.04. The molecule has 0 aromatic rings. The average molecular weight is 362 g/mol. The lowest BCUT2D eigenvalue weighted by molar-refractivity contribution is -0.160. The number of fused-ring (bicyclic) bond motifs is 5. The summed E-state index contributed by atoms with van der Waals surface area (Å²) in [5, 5.41) is 0. The molecule has 0 heterocycles. The zero-order valence-corrected chi connectivity index (χ0v) is 17.3. The maximum Gasteiger partial charge on any atom is 0.302 e. The molecular formula is C23H39NO2. The molecule has 3 heteroatoms. The Kier molecular flexibility index (Phi) is 4.69. The van der Waals surface area contributed by atoms with Crippen molar-refractivity contribution in [1.29, 1.82) is 0 Å². The van der Waals surface area contributed by atoms with Crippen LogP contribution in [-0.4, -0.2) is 18.1 Å². The van der Waals surface area contributed by atoms with Gasteiger partial charge in [-0.1, -0.05) is 13.8 Å². The molecule has 3 nitrogen and oxygen atoms in total. The van der Waals surface area contributed by atoms with Gasteiger partial charge in [-0.25, -0.2) is 0 Å². The summed E-state index contributed by atoms with van der Waals surface area (Å²) in [6.45, 7) is 8.95. The first-order valence-corrected chi connectivity index (χ1v) is 11.2. The van der Waals surface area contributed by atoms with Crippen LogP contribution in [0.15, 0.2) is 0 Å². The zero-order valence-electron chi connectivity index (χ0n) is 17.3. The second kappa shape index (κ2) is 6.50. The minimum Gasteiger partial charge on any atom is -0.463 e. The Morgan fingerprint density at radius 3 is 2.38 bits per heavy atom. The van der Waals surface area contributed by atoms with Crippen LogP contribution in [0.3, 0.4) is 0 Å². The quantitative estimate of drug-likeness (QED) is 0.710. The topological polar surface area (TPSA) is 52.3 Å². The third-order valence-corrected chi connectivity index (χ3v) is 9.66. The van der Waals surface area contributed by atoms with E-state index in [2.05, 4.69) is 20.8 Å². The Bertz CT molecular complexity index is 560. The number of rotatable bonds is 2. The number of esters is 1. The molecule has 2 N–H and O–H groups in total. The molecule has 148 valence electrons. The molecule has 0 aromatic carbocycles. The Hall–Kier alpha value is -0.570. The minimum atomic E-state index is -0.103. The number of hydrogen-bond donors (Lipinski definition) is 1. The van der Waals surface area contributed by atoms with Gasteiger partial charge >= 0.3 is 5.97 Å². The summed E-state index contributed by atoms with van der Waals surface area (Å²) in [5.41, 5.74) is 7.35. The van der Waals surface area contributed by atoms with Crippen LogP contribution in [0.2, 0.25) is 0 Å². The fraction of sp³-hybridized carbons (Fsp3) is 0.957. The summed E-state index contributed by atoms with van der Waals surface area (Å²) < 4.78 is 5.59. The van der Waals surface area contributed by atoms with E-state index in [0.29, 0.717) is 16.9 Å². The Balaban J connectivity index is 1.53. The van der Waals surface area contributed by atoms with Gasteiger partial charge in [-0.3, -0.25) is 4.79 Å². The van der Waals surface area contributed by atoms with Crippen LogP contribution in [0.1, 0.15) is 85.5 Å². The molecule has 0 unspecified atom stereocenters. The van der Waals surface area contributed by atoms with Crippen molar-refractivity contribution in [3.63, 3.8) is 0 Å². The van der Waals surface area contributed by atoms with Crippen molar-refractivity contribution >= 4 is 5.97 Å². The number of hydrogen-bond acceptors (Lipinski definition) is 3. The van der Waals surface area contributed by atoms with Gasteiger partial charge in [0.2, 0.25) is 0 Å². The normalized spacial score (nSPS) is 51.7. The summed E-state index contributed by atoms with van der Waals surface area (Å²) in [4.78, 5) is 11.4. The maximum absolute atomic E-state index is 11.4. The summed E-state index contributed by atoms with van der Waals surface area (Å²) in [6, 6.07) is 0.340. The number of carbonyl (C=O) groups is 1. The molecule has 4 rings (SSSR count). The largest absolute Gasteiger partial charge is 0.463 e. The highest BCUT2D eigenvalue weighted by molar-refractivity contribution is 5.66. The van der Waals surface area contributed by atoms with Crippen LogP contribution in [-0.2, 0) is 9.53 Å². The molecule has 0 aromatic heterocycles. The third-order valence-electron chi connectivity index (χ3n) is 9.66. The summed E-state index contributed by atoms with van der Waals surface area (Å²) >= 11 is 0. The van der Waals surface area contributed by atoms with Gasteiger partial charge in [-0.2, -0.15) is 0 Å². The fourth-order valence-corrected chi connectivity index (χ4v) is 8.46. The highest BCUT2D eigenvalue weighted by Gasteiger charge is 2.60. The molecule has 4 fully saturated rings. The van der Waals surface area contributed by atoms with Crippen molar-refractivity contribution in [3.05, 3.63) is 0 Å². The van der Waals surface area contributed by atoms with Crippen LogP contribution in [0, 0.1) is 40.4 Å². The van der Waals surface area contributed by atoms with Crippen molar-refractivity contribution < 1.29 is 9.53 Å². The molecule has 0 aliphatic heterocycles. The molecule has 0 amide bonds. The monoisotopic (exact) mass is 361 g/mol. The van der Waals surface area contributed by atoms with E-state index in [1.165, 1.54) is 44.9 Å². The first kappa shape index (κ1) is 18.8. The average Bonchev–Trinajstić information content (AvgIpc) is 2.92. The molecule has 0 radical (unpaired) electrons. The summed E-state index contributed by atoms with van der Waals surface area (Å²) in [7, 11) is 0. The molecule has 0 bridgehead atoms. The van der Waals surface area contributed by atoms with Gasteiger partial charge in [0.05, 0.1) is 0 Å². The van der Waals surface area contributed by atoms with E-state index in [1.807, 2.05) is 0 Å². The summed E-state index contributed by atoms with van der Waals surface area (Å²) in [6.07, 6.45) is 11.8. The highest BCUT2D eigenvalue weighted by atomic mass is 16.5. The Morgan fingerprint density at radius 1 is 1.00 bits per heavy atom. The van der Waals surface area contributed by atoms with Crippen LogP contribution in [0.5, 0.6) is 0 Å². The lowest BCUT2D eigenvalue weighted by Gasteiger charge is -2.61. The molecule has 9 atom stereocenters. The van der Waals surface area contributed by atoms with E-state index in [1.54, 1.807) is 6.92 Å². The van der Waals surface area contributed by atoms with E-state index < -0.39 is 0 Å². The van der Waals surface area contributed by atoms with Crippen LogP contribution in [0.25, 0.3) is 0 Å². The Labute approximate surface area is 159 Å². The molecule has 0 spiro atoms. The lowest BCUT2D eigenvalue weighted by Crippen LogP contribution is -2.55. The van der Waals surface area contributed by atoms with Crippen molar-refractivity contribution in [2.24, 2.45) is 46.2 Å². The molecular weight excluding hydrogens is 322 g/mol. The third kappa shape index (κ3) is 2.75. The Morgan fingerprint density at radius 2 is 1.69 bits per heavy atom. The first-order valence-electron chi connectivity index (χ1n) is 11.2. The van der Waals surface area contributed by atoms with E-state index >= 15 is 0 Å².